The molecule has 104 valence electrons. The second kappa shape index (κ2) is 5.29. The first-order valence-corrected chi connectivity index (χ1v) is 7.20. The third-order valence-corrected chi connectivity index (χ3v) is 3.94. The zero-order valence-electron chi connectivity index (χ0n) is 11.9. The van der Waals surface area contributed by atoms with Crippen molar-refractivity contribution in [3.63, 3.8) is 0 Å². The molecule has 2 nitrogen and oxygen atoms in total. The summed E-state index contributed by atoms with van der Waals surface area (Å²) in [4.78, 5) is 0. The van der Waals surface area contributed by atoms with Gasteiger partial charge in [-0.1, -0.05) is 42.5 Å². The summed E-state index contributed by atoms with van der Waals surface area (Å²) in [6.45, 7) is 2.69. The summed E-state index contributed by atoms with van der Waals surface area (Å²) in [5, 5.41) is 0. The van der Waals surface area contributed by atoms with Crippen LogP contribution < -0.4 is 10.5 Å². The number of nitrogens with two attached hydrogens (primary N) is 1. The van der Waals surface area contributed by atoms with E-state index >= 15 is 0 Å². The average molecular weight is 267 g/mol. The molecule has 3 rings (SSSR count). The molecule has 0 radical (unpaired) electrons. The number of hydrogen-bond donors (Lipinski definition) is 1. The van der Waals surface area contributed by atoms with Crippen molar-refractivity contribution in [2.75, 3.05) is 0 Å². The van der Waals surface area contributed by atoms with Crippen molar-refractivity contribution < 1.29 is 4.74 Å². The van der Waals surface area contributed by atoms with Crippen LogP contribution in [0.5, 0.6) is 5.75 Å². The van der Waals surface area contributed by atoms with Gasteiger partial charge in [-0.2, -0.15) is 0 Å². The van der Waals surface area contributed by atoms with Gasteiger partial charge in [0.15, 0.2) is 0 Å². The minimum atomic E-state index is 0.0476. The molecule has 0 spiro atoms. The second-order valence-electron chi connectivity index (χ2n) is 5.91. The highest BCUT2D eigenvalue weighted by Gasteiger charge is 2.37. The first kappa shape index (κ1) is 13.2. The van der Waals surface area contributed by atoms with E-state index in [-0.39, 0.29) is 5.54 Å². The molecule has 0 aromatic heterocycles. The molecule has 0 heterocycles. The Morgan fingerprint density at radius 3 is 2.50 bits per heavy atom. The molecule has 0 saturated heterocycles. The van der Waals surface area contributed by atoms with Crippen LogP contribution in [-0.2, 0) is 13.0 Å². The van der Waals surface area contributed by atoms with E-state index in [1.807, 2.05) is 18.2 Å². The maximum Gasteiger partial charge on any atom is 0.122 e. The summed E-state index contributed by atoms with van der Waals surface area (Å²) in [5.74, 6) is 0.968. The monoisotopic (exact) mass is 267 g/mol. The fraction of sp³-hybridized carbons (Fsp3) is 0.333. The summed E-state index contributed by atoms with van der Waals surface area (Å²) in [6.07, 6.45) is 3.23. The SMILES string of the molecule is Cc1ccc(CC2(N)CC2)cc1OCc1ccccc1. The molecule has 0 atom stereocenters. The Kier molecular flexibility index (Phi) is 3.49. The molecule has 1 aliphatic rings. The van der Waals surface area contributed by atoms with Crippen molar-refractivity contribution in [3.05, 3.63) is 65.2 Å². The fourth-order valence-electron chi connectivity index (χ4n) is 2.39. The van der Waals surface area contributed by atoms with Crippen molar-refractivity contribution in [1.82, 2.24) is 0 Å². The molecule has 0 amide bonds. The Morgan fingerprint density at radius 2 is 1.80 bits per heavy atom. The normalized spacial score (nSPS) is 15.9. The first-order valence-electron chi connectivity index (χ1n) is 7.20. The molecule has 0 unspecified atom stereocenters. The second-order valence-corrected chi connectivity index (χ2v) is 5.91. The standard InChI is InChI=1S/C18H21NO/c1-14-7-8-16(12-18(19)9-10-18)11-17(14)20-13-15-5-3-2-4-6-15/h2-8,11H,9-10,12-13,19H2,1H3. The van der Waals surface area contributed by atoms with Crippen LogP contribution >= 0.6 is 0 Å². The topological polar surface area (TPSA) is 35.2 Å². The van der Waals surface area contributed by atoms with Gasteiger partial charge in [0.1, 0.15) is 12.4 Å². The Labute approximate surface area is 120 Å². The maximum atomic E-state index is 6.19. The van der Waals surface area contributed by atoms with E-state index < -0.39 is 0 Å². The zero-order chi connectivity index (χ0) is 14.0. The van der Waals surface area contributed by atoms with Crippen LogP contribution in [0.2, 0.25) is 0 Å². The van der Waals surface area contributed by atoms with E-state index in [9.17, 15) is 0 Å². The number of rotatable bonds is 5. The molecule has 2 aromatic rings. The zero-order valence-corrected chi connectivity index (χ0v) is 11.9. The van der Waals surface area contributed by atoms with Crippen LogP contribution in [0.4, 0.5) is 0 Å². The molecule has 0 bridgehead atoms. The molecular weight excluding hydrogens is 246 g/mol. The molecular formula is C18H21NO. The summed E-state index contributed by atoms with van der Waals surface area (Å²) in [6, 6.07) is 16.7. The lowest BCUT2D eigenvalue weighted by Gasteiger charge is -2.13. The molecule has 20 heavy (non-hydrogen) atoms. The number of aryl methyl sites for hydroxylation is 1. The lowest BCUT2D eigenvalue weighted by Crippen LogP contribution is -2.24. The number of hydrogen-bond acceptors (Lipinski definition) is 2. The molecule has 2 heteroatoms. The highest BCUT2D eigenvalue weighted by molar-refractivity contribution is 5.38. The Balaban J connectivity index is 1.70. The summed E-state index contributed by atoms with van der Waals surface area (Å²) in [5.41, 5.74) is 9.88. The van der Waals surface area contributed by atoms with Crippen molar-refractivity contribution in [1.29, 1.82) is 0 Å². The Hall–Kier alpha value is -1.80. The highest BCUT2D eigenvalue weighted by atomic mass is 16.5. The van der Waals surface area contributed by atoms with Crippen LogP contribution in [0.1, 0.15) is 29.5 Å². The van der Waals surface area contributed by atoms with Gasteiger partial charge in [-0.3, -0.25) is 0 Å². The quantitative estimate of drug-likeness (QED) is 0.898. The summed E-state index contributed by atoms with van der Waals surface area (Å²) in [7, 11) is 0. The van der Waals surface area contributed by atoms with Crippen molar-refractivity contribution >= 4 is 0 Å². The third-order valence-electron chi connectivity index (χ3n) is 3.94. The van der Waals surface area contributed by atoms with Gasteiger partial charge in [0, 0.05) is 5.54 Å². The lowest BCUT2D eigenvalue weighted by atomic mass is 10.0. The average Bonchev–Trinajstić information content (AvgIpc) is 3.18. The minimum absolute atomic E-state index is 0.0476. The molecule has 1 fully saturated rings. The van der Waals surface area contributed by atoms with Gasteiger partial charge in [-0.25, -0.2) is 0 Å². The van der Waals surface area contributed by atoms with Crippen molar-refractivity contribution in [3.8, 4) is 5.75 Å². The van der Waals surface area contributed by atoms with Gasteiger partial charge in [0.25, 0.3) is 0 Å². The van der Waals surface area contributed by atoms with Gasteiger partial charge in [0.05, 0.1) is 0 Å². The van der Waals surface area contributed by atoms with Gasteiger partial charge < -0.3 is 10.5 Å². The summed E-state index contributed by atoms with van der Waals surface area (Å²) >= 11 is 0. The van der Waals surface area contributed by atoms with Crippen LogP contribution in [-0.4, -0.2) is 5.54 Å². The third kappa shape index (κ3) is 3.20. The predicted octanol–water partition coefficient (Wildman–Crippen LogP) is 3.61. The number of benzene rings is 2. The van der Waals surface area contributed by atoms with E-state index in [1.54, 1.807) is 0 Å². The highest BCUT2D eigenvalue weighted by Crippen LogP contribution is 2.36. The van der Waals surface area contributed by atoms with E-state index in [0.717, 1.165) is 25.0 Å². The van der Waals surface area contributed by atoms with Gasteiger partial charge in [-0.15, -0.1) is 0 Å². The van der Waals surface area contributed by atoms with Crippen molar-refractivity contribution in [2.45, 2.75) is 38.3 Å². The van der Waals surface area contributed by atoms with Gasteiger partial charge >= 0.3 is 0 Å². The molecule has 1 saturated carbocycles. The van der Waals surface area contributed by atoms with E-state index in [1.165, 1.54) is 16.7 Å². The Morgan fingerprint density at radius 1 is 1.05 bits per heavy atom. The molecule has 0 aliphatic heterocycles. The smallest absolute Gasteiger partial charge is 0.122 e. The van der Waals surface area contributed by atoms with Gasteiger partial charge in [0.2, 0.25) is 0 Å². The van der Waals surface area contributed by atoms with E-state index in [0.29, 0.717) is 6.61 Å². The predicted molar refractivity (Wildman–Crippen MR) is 81.8 cm³/mol. The first-order chi connectivity index (χ1) is 9.65. The largest absolute Gasteiger partial charge is 0.489 e. The van der Waals surface area contributed by atoms with Crippen molar-refractivity contribution in [2.24, 2.45) is 5.73 Å². The van der Waals surface area contributed by atoms with Crippen LogP contribution in [0, 0.1) is 6.92 Å². The lowest BCUT2D eigenvalue weighted by molar-refractivity contribution is 0.303. The van der Waals surface area contributed by atoms with E-state index in [4.69, 9.17) is 10.5 Å². The van der Waals surface area contributed by atoms with E-state index in [2.05, 4.69) is 37.3 Å². The fourth-order valence-corrected chi connectivity index (χ4v) is 2.39. The molecule has 2 N–H and O–H groups in total. The maximum absolute atomic E-state index is 6.19. The van der Waals surface area contributed by atoms with Crippen LogP contribution in [0.3, 0.4) is 0 Å². The molecule has 1 aliphatic carbocycles. The number of ether oxygens (including phenoxy) is 1. The minimum Gasteiger partial charge on any atom is -0.489 e. The van der Waals surface area contributed by atoms with Crippen LogP contribution in [0.25, 0.3) is 0 Å². The van der Waals surface area contributed by atoms with Gasteiger partial charge in [-0.05, 0) is 48.9 Å². The van der Waals surface area contributed by atoms with Crippen LogP contribution in [0.15, 0.2) is 48.5 Å². The summed E-state index contributed by atoms with van der Waals surface area (Å²) < 4.78 is 5.96. The molecule has 2 aromatic carbocycles. The Bertz CT molecular complexity index is 588.